The number of pyridine rings is 1. The molecule has 1 rings (SSSR count). The van der Waals surface area contributed by atoms with Gasteiger partial charge in [-0.15, -0.1) is 0 Å². The van der Waals surface area contributed by atoms with Crippen LogP contribution in [-0.2, 0) is 9.53 Å². The second-order valence-corrected chi connectivity index (χ2v) is 3.43. The first-order valence-corrected chi connectivity index (χ1v) is 5.38. The Balaban J connectivity index is 2.46. The third-order valence-electron chi connectivity index (χ3n) is 2.07. The number of carbonyl (C=O) groups excluding carboxylic acids is 1. The van der Waals surface area contributed by atoms with Crippen molar-refractivity contribution in [1.82, 2.24) is 4.98 Å². The molecule has 0 radical (unpaired) electrons. The van der Waals surface area contributed by atoms with E-state index < -0.39 is 5.82 Å². The van der Waals surface area contributed by atoms with E-state index in [4.69, 9.17) is 10.5 Å². The van der Waals surface area contributed by atoms with Gasteiger partial charge < -0.3 is 15.8 Å². The summed E-state index contributed by atoms with van der Waals surface area (Å²) in [7, 11) is 0. The van der Waals surface area contributed by atoms with E-state index in [-0.39, 0.29) is 25.0 Å². The largest absolute Gasteiger partial charge is 0.377 e. The van der Waals surface area contributed by atoms with Crippen LogP contribution in [-0.4, -0.2) is 30.1 Å². The zero-order valence-corrected chi connectivity index (χ0v) is 9.65. The van der Waals surface area contributed by atoms with Gasteiger partial charge >= 0.3 is 0 Å². The van der Waals surface area contributed by atoms with Crippen molar-refractivity contribution < 1.29 is 13.9 Å². The topological polar surface area (TPSA) is 77.2 Å². The predicted molar refractivity (Wildman–Crippen MR) is 61.9 cm³/mol. The van der Waals surface area contributed by atoms with E-state index in [1.165, 1.54) is 12.1 Å². The lowest BCUT2D eigenvalue weighted by molar-refractivity contribution is -0.118. The Morgan fingerprint density at radius 1 is 1.65 bits per heavy atom. The van der Waals surface area contributed by atoms with Gasteiger partial charge in [0.1, 0.15) is 11.6 Å². The van der Waals surface area contributed by atoms with Gasteiger partial charge in [0.15, 0.2) is 0 Å². The molecule has 1 heterocycles. The highest BCUT2D eigenvalue weighted by atomic mass is 19.1. The summed E-state index contributed by atoms with van der Waals surface area (Å²) in [5, 5.41) is 2.54. The zero-order valence-electron chi connectivity index (χ0n) is 9.65. The quantitative estimate of drug-likeness (QED) is 0.776. The maximum atomic E-state index is 12.6. The number of nitrogens with one attached hydrogen (secondary N) is 1. The molecule has 0 aliphatic heterocycles. The molecule has 6 heteroatoms. The summed E-state index contributed by atoms with van der Waals surface area (Å²) in [6.45, 7) is 2.62. The Morgan fingerprint density at radius 2 is 2.41 bits per heavy atom. The average molecular weight is 241 g/mol. The number of carbonyl (C=O) groups is 1. The van der Waals surface area contributed by atoms with Crippen LogP contribution in [0.2, 0.25) is 0 Å². The van der Waals surface area contributed by atoms with Crippen molar-refractivity contribution in [3.63, 3.8) is 0 Å². The van der Waals surface area contributed by atoms with Crippen LogP contribution in [0, 0.1) is 5.82 Å². The lowest BCUT2D eigenvalue weighted by Gasteiger charge is -2.14. The minimum atomic E-state index is -0.447. The Kier molecular flexibility index (Phi) is 5.51. The van der Waals surface area contributed by atoms with E-state index in [0.29, 0.717) is 12.4 Å². The van der Waals surface area contributed by atoms with Gasteiger partial charge in [0.25, 0.3) is 0 Å². The Labute approximate surface area is 99.2 Å². The molecule has 0 spiro atoms. The number of rotatable bonds is 6. The van der Waals surface area contributed by atoms with E-state index in [0.717, 1.165) is 6.20 Å². The highest BCUT2D eigenvalue weighted by Gasteiger charge is 2.12. The molecule has 1 unspecified atom stereocenters. The van der Waals surface area contributed by atoms with Crippen molar-refractivity contribution in [2.75, 3.05) is 18.5 Å². The van der Waals surface area contributed by atoms with Gasteiger partial charge in [-0.1, -0.05) is 0 Å². The fourth-order valence-electron chi connectivity index (χ4n) is 1.30. The van der Waals surface area contributed by atoms with Gasteiger partial charge in [-0.2, -0.15) is 0 Å². The van der Waals surface area contributed by atoms with Crippen LogP contribution < -0.4 is 11.1 Å². The van der Waals surface area contributed by atoms with Gasteiger partial charge in [-0.05, 0) is 19.1 Å². The van der Waals surface area contributed by atoms with Crippen LogP contribution in [0.3, 0.4) is 0 Å². The number of nitrogens with zero attached hydrogens (tertiary/aromatic N) is 1. The van der Waals surface area contributed by atoms with Crippen LogP contribution in [0.4, 0.5) is 10.2 Å². The first-order chi connectivity index (χ1) is 8.15. The lowest BCUT2D eigenvalue weighted by atomic mass is 10.2. The molecule has 0 bridgehead atoms. The summed E-state index contributed by atoms with van der Waals surface area (Å²) >= 11 is 0. The molecule has 0 saturated heterocycles. The van der Waals surface area contributed by atoms with Crippen molar-refractivity contribution in [2.24, 2.45) is 5.73 Å². The fraction of sp³-hybridized carbons (Fsp3) is 0.455. The highest BCUT2D eigenvalue weighted by Crippen LogP contribution is 2.05. The summed E-state index contributed by atoms with van der Waals surface area (Å²) in [4.78, 5) is 15.3. The number of nitrogens with two attached hydrogens (primary N) is 1. The molecule has 5 nitrogen and oxygen atoms in total. The number of hydrogen-bond donors (Lipinski definition) is 2. The molecule has 1 aromatic rings. The normalized spacial score (nSPS) is 12.2. The van der Waals surface area contributed by atoms with Crippen LogP contribution in [0.1, 0.15) is 13.3 Å². The summed E-state index contributed by atoms with van der Waals surface area (Å²) in [6, 6.07) is 2.62. The molecule has 17 heavy (non-hydrogen) atoms. The molecule has 0 aliphatic rings. The summed E-state index contributed by atoms with van der Waals surface area (Å²) in [5.74, 6) is -0.395. The smallest absolute Gasteiger partial charge is 0.228 e. The van der Waals surface area contributed by atoms with E-state index in [1.807, 2.05) is 6.92 Å². The van der Waals surface area contributed by atoms with Crippen LogP contribution in [0.15, 0.2) is 18.3 Å². The molecule has 3 N–H and O–H groups in total. The maximum absolute atomic E-state index is 12.6. The van der Waals surface area contributed by atoms with Crippen LogP contribution >= 0.6 is 0 Å². The summed E-state index contributed by atoms with van der Waals surface area (Å²) < 4.78 is 17.8. The standard InChI is InChI=1S/C11H16FN3O2/c1-2-17-9(6-13)5-11(16)15-10-4-3-8(12)7-14-10/h3-4,7,9H,2,5-6,13H2,1H3,(H,14,15,16). The van der Waals surface area contributed by atoms with Gasteiger partial charge in [0.2, 0.25) is 5.91 Å². The molecule has 1 amide bonds. The lowest BCUT2D eigenvalue weighted by Crippen LogP contribution is -2.29. The molecule has 0 saturated carbocycles. The van der Waals surface area contributed by atoms with Crippen LogP contribution in [0.5, 0.6) is 0 Å². The minimum absolute atomic E-state index is 0.156. The zero-order chi connectivity index (χ0) is 12.7. The van der Waals surface area contributed by atoms with Crippen molar-refractivity contribution in [2.45, 2.75) is 19.4 Å². The Morgan fingerprint density at radius 3 is 2.94 bits per heavy atom. The first kappa shape index (κ1) is 13.5. The minimum Gasteiger partial charge on any atom is -0.377 e. The molecule has 94 valence electrons. The number of amides is 1. The highest BCUT2D eigenvalue weighted by molar-refractivity contribution is 5.90. The van der Waals surface area contributed by atoms with Crippen LogP contribution in [0.25, 0.3) is 0 Å². The fourth-order valence-corrected chi connectivity index (χ4v) is 1.30. The molecular weight excluding hydrogens is 225 g/mol. The number of halogens is 1. The third kappa shape index (κ3) is 4.88. The average Bonchev–Trinajstić information content (AvgIpc) is 2.31. The van der Waals surface area contributed by atoms with E-state index in [2.05, 4.69) is 10.3 Å². The monoisotopic (exact) mass is 241 g/mol. The van der Waals surface area contributed by atoms with Gasteiger partial charge in [-0.3, -0.25) is 4.79 Å². The van der Waals surface area contributed by atoms with E-state index in [9.17, 15) is 9.18 Å². The maximum Gasteiger partial charge on any atom is 0.228 e. The summed E-state index contributed by atoms with van der Waals surface area (Å²) in [5.41, 5.74) is 5.45. The SMILES string of the molecule is CCOC(CN)CC(=O)Nc1ccc(F)cn1. The predicted octanol–water partition coefficient (Wildman–Crippen LogP) is 0.913. The third-order valence-corrected chi connectivity index (χ3v) is 2.07. The molecule has 0 aliphatic carbocycles. The van der Waals surface area contributed by atoms with Gasteiger partial charge in [0.05, 0.1) is 18.7 Å². The van der Waals surface area contributed by atoms with E-state index >= 15 is 0 Å². The van der Waals surface area contributed by atoms with Crippen molar-refractivity contribution in [3.8, 4) is 0 Å². The summed E-state index contributed by atoms with van der Waals surface area (Å²) in [6.07, 6.45) is 0.891. The Bertz CT molecular complexity index is 356. The molecule has 0 fully saturated rings. The Hall–Kier alpha value is -1.53. The van der Waals surface area contributed by atoms with Gasteiger partial charge in [0, 0.05) is 13.2 Å². The molecule has 1 aromatic heterocycles. The van der Waals surface area contributed by atoms with E-state index in [1.54, 1.807) is 0 Å². The van der Waals surface area contributed by atoms with Crippen molar-refractivity contribution in [3.05, 3.63) is 24.1 Å². The number of ether oxygens (including phenoxy) is 1. The second-order valence-electron chi connectivity index (χ2n) is 3.43. The number of hydrogen-bond acceptors (Lipinski definition) is 4. The number of anilines is 1. The molecular formula is C11H16FN3O2. The molecule has 0 aromatic carbocycles. The second kappa shape index (κ2) is 6.93. The van der Waals surface area contributed by atoms with Crippen molar-refractivity contribution >= 4 is 11.7 Å². The molecule has 1 atom stereocenters. The van der Waals surface area contributed by atoms with Crippen molar-refractivity contribution in [1.29, 1.82) is 0 Å². The number of aromatic nitrogens is 1. The van der Waals surface area contributed by atoms with Gasteiger partial charge in [-0.25, -0.2) is 9.37 Å². The first-order valence-electron chi connectivity index (χ1n) is 5.38.